The Morgan fingerprint density at radius 2 is 1.66 bits per heavy atom. The van der Waals surface area contributed by atoms with Crippen molar-refractivity contribution < 1.29 is 0 Å². The Morgan fingerprint density at radius 3 is 2.34 bits per heavy atom. The number of rotatable bonds is 1. The summed E-state index contributed by atoms with van der Waals surface area (Å²) >= 11 is 0. The van der Waals surface area contributed by atoms with E-state index in [2.05, 4.69) is 71.4 Å². The van der Waals surface area contributed by atoms with Crippen LogP contribution in [0.5, 0.6) is 0 Å². The predicted molar refractivity (Wildman–Crippen MR) is 115 cm³/mol. The molecular weight excluding hydrogens is 356 g/mol. The maximum atomic E-state index is 5.39. The van der Waals surface area contributed by atoms with Crippen LogP contribution < -0.4 is 4.90 Å². The van der Waals surface area contributed by atoms with Crippen LogP contribution in [0.15, 0.2) is 36.7 Å². The molecule has 4 fully saturated rings. The smallest absolute Gasteiger partial charge is 0.214 e. The number of para-hydroxylation sites is 1. The van der Waals surface area contributed by atoms with Gasteiger partial charge in [-0.05, 0) is 81.3 Å². The number of nitrogens with zero attached hydrogens (tertiary/aromatic N) is 4. The zero-order valence-corrected chi connectivity index (χ0v) is 17.7. The molecule has 4 bridgehead atoms. The van der Waals surface area contributed by atoms with Gasteiger partial charge in [-0.3, -0.25) is 4.40 Å². The molecule has 4 aliphatic carbocycles. The van der Waals surface area contributed by atoms with E-state index in [9.17, 15) is 0 Å². The molecule has 29 heavy (non-hydrogen) atoms. The van der Waals surface area contributed by atoms with E-state index < -0.39 is 0 Å². The molecule has 0 saturated heterocycles. The lowest BCUT2D eigenvalue weighted by atomic mass is 9.47. The molecule has 2 aromatic heterocycles. The van der Waals surface area contributed by atoms with E-state index in [0.29, 0.717) is 6.04 Å². The van der Waals surface area contributed by atoms with Gasteiger partial charge in [-0.1, -0.05) is 18.2 Å². The van der Waals surface area contributed by atoms with Gasteiger partial charge in [0.1, 0.15) is 0 Å². The summed E-state index contributed by atoms with van der Waals surface area (Å²) in [5, 5.41) is 0. The van der Waals surface area contributed by atoms with Gasteiger partial charge in [0.15, 0.2) is 0 Å². The SMILES string of the molecule is Cc1ccccc1N1C(C)c2c(nc3n(C)ccn23)C12C1CC3CC(C1)CC2C3. The highest BCUT2D eigenvalue weighted by atomic mass is 15.3. The van der Waals surface area contributed by atoms with Crippen molar-refractivity contribution in [1.29, 1.82) is 0 Å². The summed E-state index contributed by atoms with van der Waals surface area (Å²) in [7, 11) is 2.13. The fraction of sp³-hybridized carbons (Fsp3) is 0.560. The summed E-state index contributed by atoms with van der Waals surface area (Å²) in [4.78, 5) is 8.23. The van der Waals surface area contributed by atoms with Crippen LogP contribution in [0.3, 0.4) is 0 Å². The lowest BCUT2D eigenvalue weighted by molar-refractivity contribution is -0.0618. The average Bonchev–Trinajstić information content (AvgIpc) is 3.31. The third kappa shape index (κ3) is 1.81. The number of fused-ring (bicyclic) bond motifs is 3. The van der Waals surface area contributed by atoms with E-state index in [1.54, 1.807) is 0 Å². The minimum absolute atomic E-state index is 0.0836. The normalized spacial score (nSPS) is 37.2. The van der Waals surface area contributed by atoms with Crippen molar-refractivity contribution in [2.75, 3.05) is 4.90 Å². The Hall–Kier alpha value is -2.23. The topological polar surface area (TPSA) is 25.5 Å². The summed E-state index contributed by atoms with van der Waals surface area (Å²) in [6, 6.07) is 9.39. The molecule has 1 spiro atoms. The van der Waals surface area contributed by atoms with Crippen molar-refractivity contribution in [2.24, 2.45) is 30.7 Å². The first-order valence-corrected chi connectivity index (χ1v) is 11.5. The largest absolute Gasteiger partial charge is 0.351 e. The molecule has 1 aliphatic heterocycles. The second-order valence-electron chi connectivity index (χ2n) is 10.4. The average molecular weight is 387 g/mol. The van der Waals surface area contributed by atoms with Gasteiger partial charge in [0.2, 0.25) is 5.78 Å². The molecule has 1 atom stereocenters. The van der Waals surface area contributed by atoms with Crippen LogP contribution in [-0.2, 0) is 12.6 Å². The molecule has 4 saturated carbocycles. The van der Waals surface area contributed by atoms with Gasteiger partial charge in [0.25, 0.3) is 0 Å². The summed E-state index contributed by atoms with van der Waals surface area (Å²) in [5.74, 6) is 4.51. The summed E-state index contributed by atoms with van der Waals surface area (Å²) in [6.07, 6.45) is 11.5. The molecule has 4 nitrogen and oxygen atoms in total. The van der Waals surface area contributed by atoms with Crippen molar-refractivity contribution in [3.8, 4) is 0 Å². The summed E-state index contributed by atoms with van der Waals surface area (Å²) < 4.78 is 4.57. The zero-order chi connectivity index (χ0) is 19.5. The molecular formula is C25H30N4. The standard InChI is InChI=1S/C25H30N4/c1-15-6-4-5-7-21(15)29-16(2)22-23(26-24-27(3)8-9-28(22)24)25(29)19-11-17-10-18(13-19)14-20(25)12-17/h4-9,16-20H,10-14H2,1-3H3. The number of anilines is 1. The molecule has 0 N–H and O–H groups in total. The molecule has 4 heteroatoms. The van der Waals surface area contributed by atoms with Gasteiger partial charge in [-0.15, -0.1) is 0 Å². The number of benzene rings is 1. The van der Waals surface area contributed by atoms with Gasteiger partial charge in [0, 0.05) is 25.1 Å². The van der Waals surface area contributed by atoms with Crippen molar-refractivity contribution in [1.82, 2.24) is 14.0 Å². The second-order valence-corrected chi connectivity index (χ2v) is 10.4. The van der Waals surface area contributed by atoms with Gasteiger partial charge >= 0.3 is 0 Å². The van der Waals surface area contributed by atoms with Gasteiger partial charge < -0.3 is 9.47 Å². The van der Waals surface area contributed by atoms with E-state index >= 15 is 0 Å². The Kier molecular flexibility index (Phi) is 3.01. The number of imidazole rings is 2. The van der Waals surface area contributed by atoms with E-state index in [0.717, 1.165) is 29.4 Å². The van der Waals surface area contributed by atoms with Gasteiger partial charge in [-0.25, -0.2) is 4.98 Å². The van der Waals surface area contributed by atoms with Crippen LogP contribution in [0, 0.1) is 30.6 Å². The quantitative estimate of drug-likeness (QED) is 0.573. The van der Waals surface area contributed by atoms with E-state index in [1.807, 2.05) is 0 Å². The monoisotopic (exact) mass is 386 g/mol. The Morgan fingerprint density at radius 1 is 0.966 bits per heavy atom. The van der Waals surface area contributed by atoms with Crippen LogP contribution in [0.2, 0.25) is 0 Å². The lowest BCUT2D eigenvalue weighted by Crippen LogP contribution is -2.62. The first kappa shape index (κ1) is 16.6. The lowest BCUT2D eigenvalue weighted by Gasteiger charge is -2.63. The van der Waals surface area contributed by atoms with Crippen LogP contribution in [-0.4, -0.2) is 14.0 Å². The van der Waals surface area contributed by atoms with E-state index in [1.165, 1.54) is 54.7 Å². The van der Waals surface area contributed by atoms with Crippen LogP contribution in [0.25, 0.3) is 5.78 Å². The molecule has 0 radical (unpaired) electrons. The van der Waals surface area contributed by atoms with Crippen molar-refractivity contribution in [2.45, 2.75) is 57.5 Å². The van der Waals surface area contributed by atoms with Crippen molar-refractivity contribution in [3.05, 3.63) is 53.6 Å². The highest BCUT2D eigenvalue weighted by molar-refractivity contribution is 5.64. The molecule has 8 rings (SSSR count). The van der Waals surface area contributed by atoms with Crippen LogP contribution in [0.1, 0.15) is 62.0 Å². The van der Waals surface area contributed by atoms with Crippen molar-refractivity contribution in [3.63, 3.8) is 0 Å². The minimum atomic E-state index is 0.0836. The summed E-state index contributed by atoms with van der Waals surface area (Å²) in [5.41, 5.74) is 5.76. The highest BCUT2D eigenvalue weighted by Gasteiger charge is 2.66. The fourth-order valence-electron chi connectivity index (χ4n) is 8.24. The third-order valence-corrected chi connectivity index (χ3v) is 9.00. The molecule has 150 valence electrons. The fourth-order valence-corrected chi connectivity index (χ4v) is 8.24. The predicted octanol–water partition coefficient (Wildman–Crippen LogP) is 5.21. The van der Waals surface area contributed by atoms with Gasteiger partial charge in [-0.2, -0.15) is 0 Å². The molecule has 3 heterocycles. The Balaban J connectivity index is 1.54. The first-order chi connectivity index (χ1) is 14.1. The van der Waals surface area contributed by atoms with Crippen molar-refractivity contribution >= 4 is 11.5 Å². The van der Waals surface area contributed by atoms with Gasteiger partial charge in [0.05, 0.1) is 23.0 Å². The number of hydrogen-bond donors (Lipinski definition) is 0. The zero-order valence-electron chi connectivity index (χ0n) is 17.7. The van der Waals surface area contributed by atoms with Crippen LogP contribution >= 0.6 is 0 Å². The second kappa shape index (κ2) is 5.27. The number of hydrogen-bond acceptors (Lipinski definition) is 2. The highest BCUT2D eigenvalue weighted by Crippen LogP contribution is 2.68. The molecule has 3 aromatic rings. The first-order valence-electron chi connectivity index (χ1n) is 11.5. The maximum Gasteiger partial charge on any atom is 0.214 e. The Labute approximate surface area is 172 Å². The molecule has 1 unspecified atom stereocenters. The number of aromatic nitrogens is 3. The minimum Gasteiger partial charge on any atom is -0.351 e. The number of aryl methyl sites for hydroxylation is 2. The van der Waals surface area contributed by atoms with E-state index in [4.69, 9.17) is 4.98 Å². The molecule has 0 amide bonds. The third-order valence-electron chi connectivity index (χ3n) is 9.00. The van der Waals surface area contributed by atoms with E-state index in [-0.39, 0.29) is 5.54 Å². The van der Waals surface area contributed by atoms with Crippen LogP contribution in [0.4, 0.5) is 5.69 Å². The molecule has 5 aliphatic rings. The molecule has 1 aromatic carbocycles. The Bertz CT molecular complexity index is 1110. The maximum absolute atomic E-state index is 5.39. The summed E-state index contributed by atoms with van der Waals surface area (Å²) in [6.45, 7) is 4.71.